The van der Waals surface area contributed by atoms with Crippen LogP contribution in [-0.2, 0) is 0 Å². The molecule has 0 radical (unpaired) electrons. The van der Waals surface area contributed by atoms with Gasteiger partial charge in [0.05, 0.1) is 6.04 Å². The third-order valence-electron chi connectivity index (χ3n) is 2.31. The van der Waals surface area contributed by atoms with E-state index in [9.17, 15) is 0 Å². The Bertz CT molecular complexity index is 284. The van der Waals surface area contributed by atoms with Crippen molar-refractivity contribution in [1.29, 1.82) is 0 Å². The molecule has 1 heterocycles. The minimum Gasteiger partial charge on any atom is -0.296 e. The fourth-order valence-corrected chi connectivity index (χ4v) is 2.29. The molecule has 0 fully saturated rings. The van der Waals surface area contributed by atoms with Gasteiger partial charge in [-0.3, -0.25) is 5.32 Å². The van der Waals surface area contributed by atoms with E-state index in [1.807, 2.05) is 0 Å². The van der Waals surface area contributed by atoms with Crippen molar-refractivity contribution in [2.24, 2.45) is 0 Å². The number of thiophene rings is 1. The Morgan fingerprint density at radius 2 is 2.29 bits per heavy atom. The Labute approximate surface area is 90.5 Å². The first-order valence-corrected chi connectivity index (χ1v) is 5.95. The monoisotopic (exact) mass is 207 g/mol. The predicted molar refractivity (Wildman–Crippen MR) is 63.4 cm³/mol. The largest absolute Gasteiger partial charge is 0.296 e. The first-order valence-electron chi connectivity index (χ1n) is 5.07. The Hall–Kier alpha value is -0.780. The van der Waals surface area contributed by atoms with Crippen molar-refractivity contribution in [3.8, 4) is 12.3 Å². The normalized spacial score (nSPS) is 14.6. The second-order valence-corrected chi connectivity index (χ2v) is 4.25. The lowest BCUT2D eigenvalue weighted by Crippen LogP contribution is -2.30. The average Bonchev–Trinajstić information content (AvgIpc) is 2.73. The smallest absolute Gasteiger partial charge is 0.0689 e. The SMILES string of the molecule is C#CC(CC)NC(CC)c1cccs1. The molecule has 0 bridgehead atoms. The zero-order valence-corrected chi connectivity index (χ0v) is 9.60. The summed E-state index contributed by atoms with van der Waals surface area (Å²) in [6.45, 7) is 4.29. The Kier molecular flexibility index (Phi) is 4.72. The molecule has 1 aromatic heterocycles. The van der Waals surface area contributed by atoms with Crippen molar-refractivity contribution >= 4 is 11.3 Å². The van der Waals surface area contributed by atoms with Crippen LogP contribution in [0.2, 0.25) is 0 Å². The number of nitrogens with one attached hydrogen (secondary N) is 1. The molecule has 2 unspecified atom stereocenters. The fourth-order valence-electron chi connectivity index (χ4n) is 1.42. The minimum atomic E-state index is 0.196. The number of rotatable bonds is 5. The van der Waals surface area contributed by atoms with E-state index in [1.165, 1.54) is 4.88 Å². The van der Waals surface area contributed by atoms with Crippen LogP contribution < -0.4 is 5.32 Å². The zero-order chi connectivity index (χ0) is 10.4. The second-order valence-electron chi connectivity index (χ2n) is 3.27. The maximum Gasteiger partial charge on any atom is 0.0689 e. The van der Waals surface area contributed by atoms with E-state index in [0.29, 0.717) is 6.04 Å². The molecule has 0 amide bonds. The van der Waals surface area contributed by atoms with Crippen LogP contribution in [0, 0.1) is 12.3 Å². The van der Waals surface area contributed by atoms with Gasteiger partial charge in [0.1, 0.15) is 0 Å². The number of hydrogen-bond acceptors (Lipinski definition) is 2. The Morgan fingerprint density at radius 1 is 1.50 bits per heavy atom. The van der Waals surface area contributed by atoms with Crippen LogP contribution in [0.15, 0.2) is 17.5 Å². The van der Waals surface area contributed by atoms with Crippen molar-refractivity contribution in [2.45, 2.75) is 38.8 Å². The highest BCUT2D eigenvalue weighted by atomic mass is 32.1. The Balaban J connectivity index is 2.60. The molecule has 1 rings (SSSR count). The van der Waals surface area contributed by atoms with Crippen molar-refractivity contribution in [2.75, 3.05) is 0 Å². The first kappa shape index (κ1) is 11.3. The zero-order valence-electron chi connectivity index (χ0n) is 8.79. The van der Waals surface area contributed by atoms with Gasteiger partial charge in [-0.25, -0.2) is 0 Å². The first-order chi connectivity index (χ1) is 6.81. The van der Waals surface area contributed by atoms with Gasteiger partial charge in [-0.15, -0.1) is 17.8 Å². The van der Waals surface area contributed by atoms with Gasteiger partial charge in [0.15, 0.2) is 0 Å². The summed E-state index contributed by atoms with van der Waals surface area (Å²) in [6, 6.07) is 4.86. The van der Waals surface area contributed by atoms with Crippen LogP contribution in [0.3, 0.4) is 0 Å². The predicted octanol–water partition coefficient (Wildman–Crippen LogP) is 3.20. The fraction of sp³-hybridized carbons (Fsp3) is 0.500. The molecule has 0 saturated carbocycles. The third-order valence-corrected chi connectivity index (χ3v) is 3.29. The lowest BCUT2D eigenvalue weighted by molar-refractivity contribution is 0.478. The molecule has 0 aromatic carbocycles. The summed E-state index contributed by atoms with van der Waals surface area (Å²) >= 11 is 1.79. The summed E-state index contributed by atoms with van der Waals surface area (Å²) in [7, 11) is 0. The number of hydrogen-bond donors (Lipinski definition) is 1. The maximum absolute atomic E-state index is 5.43. The third kappa shape index (κ3) is 2.87. The molecular weight excluding hydrogens is 190 g/mol. The van der Waals surface area contributed by atoms with Gasteiger partial charge in [-0.05, 0) is 24.3 Å². The second kappa shape index (κ2) is 5.85. The van der Waals surface area contributed by atoms with Crippen molar-refractivity contribution in [1.82, 2.24) is 5.32 Å². The van der Waals surface area contributed by atoms with Crippen molar-refractivity contribution in [3.63, 3.8) is 0 Å². The van der Waals surface area contributed by atoms with Crippen LogP contribution >= 0.6 is 11.3 Å². The summed E-state index contributed by atoms with van der Waals surface area (Å²) in [4.78, 5) is 1.38. The van der Waals surface area contributed by atoms with E-state index in [4.69, 9.17) is 6.42 Å². The molecule has 2 heteroatoms. The van der Waals surface area contributed by atoms with Crippen molar-refractivity contribution in [3.05, 3.63) is 22.4 Å². The summed E-state index contributed by atoms with van der Waals surface area (Å²) < 4.78 is 0. The molecule has 2 atom stereocenters. The number of terminal acetylenes is 1. The van der Waals surface area contributed by atoms with Crippen LogP contribution in [0.4, 0.5) is 0 Å². The van der Waals surface area contributed by atoms with Gasteiger partial charge in [0, 0.05) is 10.9 Å². The summed E-state index contributed by atoms with van der Waals surface area (Å²) in [5, 5.41) is 5.59. The van der Waals surface area contributed by atoms with E-state index in [0.717, 1.165) is 12.8 Å². The highest BCUT2D eigenvalue weighted by molar-refractivity contribution is 7.10. The molecule has 0 saturated heterocycles. The molecule has 0 spiro atoms. The summed E-state index contributed by atoms with van der Waals surface area (Å²) in [5.74, 6) is 2.77. The average molecular weight is 207 g/mol. The van der Waals surface area contributed by atoms with E-state index < -0.39 is 0 Å². The van der Waals surface area contributed by atoms with Gasteiger partial charge in [-0.1, -0.05) is 25.8 Å². The molecule has 14 heavy (non-hydrogen) atoms. The van der Waals surface area contributed by atoms with E-state index in [2.05, 4.69) is 42.6 Å². The van der Waals surface area contributed by atoms with E-state index in [-0.39, 0.29) is 6.04 Å². The van der Waals surface area contributed by atoms with Gasteiger partial charge >= 0.3 is 0 Å². The quantitative estimate of drug-likeness (QED) is 0.731. The highest BCUT2D eigenvalue weighted by Crippen LogP contribution is 2.22. The molecule has 1 nitrogen and oxygen atoms in total. The van der Waals surface area contributed by atoms with Crippen LogP contribution in [0.25, 0.3) is 0 Å². The minimum absolute atomic E-state index is 0.196. The van der Waals surface area contributed by atoms with E-state index >= 15 is 0 Å². The van der Waals surface area contributed by atoms with Crippen LogP contribution in [-0.4, -0.2) is 6.04 Å². The standard InChI is InChI=1S/C12H17NS/c1-4-10(5-2)13-11(6-3)12-8-7-9-14-12/h1,7-11,13H,5-6H2,2-3H3. The van der Waals surface area contributed by atoms with Gasteiger partial charge in [0.2, 0.25) is 0 Å². The molecular formula is C12H17NS. The summed E-state index contributed by atoms with van der Waals surface area (Å²) in [5.41, 5.74) is 0. The molecule has 0 aliphatic heterocycles. The van der Waals surface area contributed by atoms with Crippen LogP contribution in [0.1, 0.15) is 37.6 Å². The lowest BCUT2D eigenvalue weighted by Gasteiger charge is -2.19. The molecule has 1 aromatic rings. The molecule has 0 aliphatic rings. The van der Waals surface area contributed by atoms with Gasteiger partial charge in [-0.2, -0.15) is 0 Å². The maximum atomic E-state index is 5.43. The molecule has 0 aliphatic carbocycles. The van der Waals surface area contributed by atoms with E-state index in [1.54, 1.807) is 11.3 Å². The summed E-state index contributed by atoms with van der Waals surface area (Å²) in [6.07, 6.45) is 7.50. The van der Waals surface area contributed by atoms with Gasteiger partial charge < -0.3 is 0 Å². The van der Waals surface area contributed by atoms with Crippen LogP contribution in [0.5, 0.6) is 0 Å². The molecule has 76 valence electrons. The van der Waals surface area contributed by atoms with Crippen molar-refractivity contribution < 1.29 is 0 Å². The lowest BCUT2D eigenvalue weighted by atomic mass is 10.1. The molecule has 1 N–H and O–H groups in total. The Morgan fingerprint density at radius 3 is 2.71 bits per heavy atom. The highest BCUT2D eigenvalue weighted by Gasteiger charge is 2.12. The van der Waals surface area contributed by atoms with Gasteiger partial charge in [0.25, 0.3) is 0 Å². The topological polar surface area (TPSA) is 12.0 Å².